The Kier molecular flexibility index (Phi) is 130. The molecule has 0 heterocycles. The summed E-state index contributed by atoms with van der Waals surface area (Å²) in [5.74, 6) is 3.67. The van der Waals surface area contributed by atoms with E-state index in [2.05, 4.69) is 222 Å². The second-order valence-electron chi connectivity index (χ2n) is 34.4. The number of nitriles is 4. The van der Waals surface area contributed by atoms with E-state index in [0.717, 1.165) is 23.9 Å². The van der Waals surface area contributed by atoms with E-state index < -0.39 is 28.5 Å². The lowest BCUT2D eigenvalue weighted by molar-refractivity contribution is -0.923. The smallest absolute Gasteiger partial charge is 0.0786 e. The monoisotopic (exact) mass is 1770 g/mol. The summed E-state index contributed by atoms with van der Waals surface area (Å²) in [6, 6.07) is 0. The minimum absolute atomic E-state index is 0.917. The molecule has 0 atom stereocenters. The van der Waals surface area contributed by atoms with Crippen molar-refractivity contribution in [3.8, 4) is 23.9 Å². The predicted molar refractivity (Wildman–Crippen MR) is 533 cm³/mol. The summed E-state index contributed by atoms with van der Waals surface area (Å²) < 4.78 is 10.6. The van der Waals surface area contributed by atoms with Gasteiger partial charge in [-0.3, -0.25) is 0 Å². The Morgan fingerprint density at radius 3 is 0.242 bits per heavy atom. The molecule has 0 aromatic rings. The number of rotatable bonds is 64. The molecule has 20 nitrogen and oxygen atoms in total. The zero-order chi connectivity index (χ0) is 98.4. The van der Waals surface area contributed by atoms with E-state index in [1.54, 1.807) is 0 Å². The van der Waals surface area contributed by atoms with Crippen molar-refractivity contribution in [3.05, 3.63) is 0 Å². The zero-order valence-electron chi connectivity index (χ0n) is 90.2. The topological polar surface area (TPSA) is 280 Å². The summed E-state index contributed by atoms with van der Waals surface area (Å²) in [5, 5.41) is 101. The molecular weight excluding hydrogens is 1540 g/mol. The van der Waals surface area contributed by atoms with Gasteiger partial charge >= 0.3 is 0 Å². The fourth-order valence-corrected chi connectivity index (χ4v) is 16.2. The van der Waals surface area contributed by atoms with Crippen LogP contribution in [0.5, 0.6) is 0 Å². The van der Waals surface area contributed by atoms with E-state index in [-0.39, 0.29) is 0 Å². The average Bonchev–Trinajstić information content (AvgIpc) is 0.959. The van der Waals surface area contributed by atoms with E-state index in [1.165, 1.54) is 451 Å². The summed E-state index contributed by atoms with van der Waals surface area (Å²) >= 11 is 0. The first kappa shape index (κ1) is 147. The van der Waals surface area contributed by atoms with Gasteiger partial charge in [-0.25, -0.2) is 21.0 Å². The van der Waals surface area contributed by atoms with Gasteiger partial charge < -0.3 is 76.1 Å². The Bertz CT molecular complexity index is 1690. The molecule has 0 saturated heterocycles. The van der Waals surface area contributed by atoms with Crippen molar-refractivity contribution in [3.63, 3.8) is 0 Å². The summed E-state index contributed by atoms with van der Waals surface area (Å²) in [6.07, 6.45) is 44.9. The van der Waals surface area contributed by atoms with Crippen LogP contribution < -0.4 is 40.2 Å². The van der Waals surface area contributed by atoms with Crippen LogP contribution in [0.3, 0.4) is 0 Å². The van der Waals surface area contributed by atoms with Gasteiger partial charge in [0.1, 0.15) is 0 Å². The molecule has 0 unspecified atom stereocenters. The van der Waals surface area contributed by atoms with Crippen molar-refractivity contribution in [2.75, 3.05) is 209 Å². The molecule has 744 valence electrons. The lowest BCUT2D eigenvalue weighted by atomic mass is 9.97. The molecule has 0 aromatic carbocycles. The van der Waals surface area contributed by atoms with Crippen molar-refractivity contribution in [2.45, 2.75) is 427 Å². The summed E-state index contributed by atoms with van der Waals surface area (Å²) in [4.78, 5) is 0. The summed E-state index contributed by atoms with van der Waals surface area (Å²) in [6.45, 7) is 117. The number of hydrogen-bond acceptors (Lipinski definition) is 12. The second-order valence-corrected chi connectivity index (χ2v) is 34.4. The Labute approximate surface area is 781 Å². The first-order chi connectivity index (χ1) is 59.0. The first-order valence-corrected chi connectivity index (χ1v) is 52.7. The Balaban J connectivity index is -0.000000112. The van der Waals surface area contributed by atoms with Crippen LogP contribution in [0.2, 0.25) is 0 Å². The molecule has 0 fully saturated rings. The first-order valence-electron chi connectivity index (χ1n) is 52.7. The molecule has 0 amide bonds. The van der Waals surface area contributed by atoms with Crippen molar-refractivity contribution in [1.82, 2.24) is 0 Å². The molecule has 0 radical (unpaired) electrons. The third-order valence-electron chi connectivity index (χ3n) is 28.4. The number of hydrogen-bond donors (Lipinski definition) is 0. The summed E-state index contributed by atoms with van der Waals surface area (Å²) in [7, 11) is -9.24. The highest BCUT2D eigenvalue weighted by atomic mass is 16.4. The maximum atomic E-state index is 8.98. The van der Waals surface area contributed by atoms with E-state index in [9.17, 15) is 0 Å². The Hall–Kier alpha value is -2.42. The van der Waals surface area contributed by atoms with Gasteiger partial charge in [0, 0.05) is 28.5 Å². The second kappa shape index (κ2) is 109. The van der Waals surface area contributed by atoms with E-state index in [1.807, 2.05) is 0 Å². The van der Waals surface area contributed by atoms with Gasteiger partial charge in [-0.2, -0.15) is 0 Å². The number of quaternary nitrogens is 8. The van der Waals surface area contributed by atoms with Gasteiger partial charge in [0.15, 0.2) is 0 Å². The van der Waals surface area contributed by atoms with Crippen LogP contribution in [0.4, 0.5) is 0 Å². The maximum absolute atomic E-state index is 8.98. The van der Waals surface area contributed by atoms with Gasteiger partial charge in [-0.05, 0) is 293 Å². The molecule has 0 saturated carbocycles. The lowest BCUT2D eigenvalue weighted by Gasteiger charge is -2.35. The van der Waals surface area contributed by atoms with E-state index in [4.69, 9.17) is 61.2 Å². The fourth-order valence-electron chi connectivity index (χ4n) is 16.2. The third-order valence-corrected chi connectivity index (χ3v) is 28.4. The molecule has 0 aromatic heterocycles. The van der Waals surface area contributed by atoms with Crippen LogP contribution in [-0.4, -0.2) is 274 Å². The van der Waals surface area contributed by atoms with Crippen LogP contribution in [0.25, 0.3) is 0 Å². The van der Waals surface area contributed by atoms with Crippen molar-refractivity contribution in [2.24, 2.45) is 0 Å². The SMILES string of the molecule is CCCCCC[N+](CC)(CC)CC.CCCCCC[N+](CC)(CC)CC.CCCCCC[N+](CC)(CC)CC.CCCCCC[N+](CC)(CC)CC.CCCCCC[N+](CC)(CC)CC.CCCCCC[N+](CC)(CC)CC.CCCCCC[N+](CC)(CC)CC.CCCCCC[N+](CC)(CC)CC.N#CB([O-])[O-].N#CB([O-])[O-].N#CB([O-])[O-].N#CB([O-])[O-]. The minimum atomic E-state index is -2.31. The molecule has 0 aliphatic carbocycles. The molecular formula is C100H224B4N12O8. The molecule has 0 N–H and O–H groups in total. The van der Waals surface area contributed by atoms with Crippen molar-refractivity contribution >= 4 is 28.5 Å². The Morgan fingerprint density at radius 1 is 0.137 bits per heavy atom. The third kappa shape index (κ3) is 94.2. The minimum Gasteiger partial charge on any atom is -0.881 e. The van der Waals surface area contributed by atoms with Crippen LogP contribution in [-0.2, 0) is 0 Å². The van der Waals surface area contributed by atoms with Crippen LogP contribution in [0.15, 0.2) is 0 Å². The van der Waals surface area contributed by atoms with Crippen molar-refractivity contribution < 1.29 is 76.1 Å². The predicted octanol–water partition coefficient (Wildman–Crippen LogP) is 16.6. The van der Waals surface area contributed by atoms with Crippen LogP contribution in [0.1, 0.15) is 427 Å². The normalized spacial score (nSPS) is 11.0. The van der Waals surface area contributed by atoms with E-state index >= 15 is 0 Å². The van der Waals surface area contributed by atoms with Gasteiger partial charge in [0.25, 0.3) is 0 Å². The van der Waals surface area contributed by atoms with Gasteiger partial charge in [-0.15, -0.1) is 0 Å². The van der Waals surface area contributed by atoms with Gasteiger partial charge in [-0.1, -0.05) is 158 Å². The van der Waals surface area contributed by atoms with E-state index in [0.29, 0.717) is 0 Å². The van der Waals surface area contributed by atoms with Crippen molar-refractivity contribution in [1.29, 1.82) is 21.0 Å². The standard InChI is InChI=1S/8C12H28N.4CBNO2/c8*1-5-9-10-11-12-13(6-2,7-3)8-4;4*3-1-2(4)5/h8*5-12H2,1-4H3;;;;/q8*+1;4*-2. The molecule has 0 aliphatic heterocycles. The molecule has 0 aliphatic rings. The average molecular weight is 1770 g/mol. The highest BCUT2D eigenvalue weighted by molar-refractivity contribution is 6.47. The van der Waals surface area contributed by atoms with Gasteiger partial charge in [0.05, 0.1) is 209 Å². The van der Waals surface area contributed by atoms with Crippen LogP contribution in [0, 0.1) is 44.9 Å². The fraction of sp³-hybridized carbons (Fsp3) is 0.960. The quantitative estimate of drug-likeness (QED) is 0.0312. The molecule has 24 heteroatoms. The number of nitrogens with zero attached hydrogens (tertiary/aromatic N) is 12. The number of unbranched alkanes of at least 4 members (excludes halogenated alkanes) is 24. The highest BCUT2D eigenvalue weighted by Gasteiger charge is 2.25. The molecule has 0 bridgehead atoms. The van der Waals surface area contributed by atoms with Gasteiger partial charge in [0.2, 0.25) is 0 Å². The Morgan fingerprint density at radius 2 is 0.202 bits per heavy atom. The largest absolute Gasteiger partial charge is 0.881 e. The lowest BCUT2D eigenvalue weighted by Crippen LogP contribution is -2.48. The molecule has 0 spiro atoms. The maximum Gasteiger partial charge on any atom is 0.0786 e. The summed E-state index contributed by atoms with van der Waals surface area (Å²) in [5.41, 5.74) is 0. The molecule has 0 rings (SSSR count). The highest BCUT2D eigenvalue weighted by Crippen LogP contribution is 2.18. The molecule has 124 heavy (non-hydrogen) atoms. The van der Waals surface area contributed by atoms with Crippen LogP contribution >= 0.6 is 0 Å². The zero-order valence-corrected chi connectivity index (χ0v) is 90.2.